The lowest BCUT2D eigenvalue weighted by atomic mass is 10.3. The summed E-state index contributed by atoms with van der Waals surface area (Å²) in [5, 5.41) is 14.2. The molecule has 2 rings (SSSR count). The summed E-state index contributed by atoms with van der Waals surface area (Å²) in [5.74, 6) is -1.85. The van der Waals surface area contributed by atoms with Crippen LogP contribution < -0.4 is 5.32 Å². The molecule has 0 aliphatic heterocycles. The minimum atomic E-state index is -0.943. The molecule has 0 atom stereocenters. The van der Waals surface area contributed by atoms with E-state index in [1.165, 1.54) is 23.6 Å². The van der Waals surface area contributed by atoms with E-state index in [0.717, 1.165) is 17.8 Å². The highest BCUT2D eigenvalue weighted by Gasteiger charge is 2.06. The molecule has 0 aliphatic carbocycles. The highest BCUT2D eigenvalue weighted by Crippen LogP contribution is 2.19. The molecule has 0 saturated carbocycles. The summed E-state index contributed by atoms with van der Waals surface area (Å²) in [4.78, 5) is 4.18. The van der Waals surface area contributed by atoms with Gasteiger partial charge in [-0.3, -0.25) is 0 Å². The molecule has 96 valence electrons. The lowest BCUT2D eigenvalue weighted by Gasteiger charge is -2.02. The van der Waals surface area contributed by atoms with E-state index >= 15 is 0 Å². The molecule has 0 saturated heterocycles. The number of nitriles is 1. The molecule has 0 aliphatic rings. The average Bonchev–Trinajstić information content (AvgIpc) is 2.81. The Morgan fingerprint density at radius 1 is 1.42 bits per heavy atom. The van der Waals surface area contributed by atoms with Crippen LogP contribution in [0.25, 0.3) is 5.57 Å². The number of allylic oxidation sites excluding steroid dienone is 1. The van der Waals surface area contributed by atoms with Gasteiger partial charge in [0.15, 0.2) is 11.6 Å². The fraction of sp³-hybridized carbons (Fsp3) is 0.0769. The van der Waals surface area contributed by atoms with Crippen LogP contribution in [0.1, 0.15) is 10.7 Å². The van der Waals surface area contributed by atoms with Gasteiger partial charge in [-0.15, -0.1) is 11.3 Å². The average molecular weight is 277 g/mol. The van der Waals surface area contributed by atoms with E-state index in [4.69, 9.17) is 5.26 Å². The molecule has 0 bridgehead atoms. The standard InChI is InChI=1S/C13H9F2N3S/c1-8-7-19-13(18-8)9(5-16)6-17-10-2-3-11(14)12(15)4-10/h2-4,6-7,17H,1H3/b9-6+. The van der Waals surface area contributed by atoms with Crippen molar-refractivity contribution in [3.05, 3.63) is 52.1 Å². The molecule has 2 aromatic rings. The van der Waals surface area contributed by atoms with E-state index in [1.807, 2.05) is 18.4 Å². The van der Waals surface area contributed by atoms with Crippen molar-refractivity contribution in [3.63, 3.8) is 0 Å². The van der Waals surface area contributed by atoms with Crippen LogP contribution in [0, 0.1) is 29.9 Å². The first kappa shape index (κ1) is 13.2. The Bertz CT molecular complexity index is 671. The van der Waals surface area contributed by atoms with Crippen LogP contribution >= 0.6 is 11.3 Å². The van der Waals surface area contributed by atoms with Crippen molar-refractivity contribution in [2.45, 2.75) is 6.92 Å². The van der Waals surface area contributed by atoms with Gasteiger partial charge < -0.3 is 5.32 Å². The van der Waals surface area contributed by atoms with Gasteiger partial charge in [0.25, 0.3) is 0 Å². The third kappa shape index (κ3) is 3.14. The lowest BCUT2D eigenvalue weighted by Crippen LogP contribution is -1.93. The third-order valence-corrected chi connectivity index (χ3v) is 3.27. The Morgan fingerprint density at radius 3 is 2.79 bits per heavy atom. The molecule has 6 heteroatoms. The summed E-state index contributed by atoms with van der Waals surface area (Å²) in [6, 6.07) is 5.43. The Hall–Kier alpha value is -2.26. The van der Waals surface area contributed by atoms with Crippen LogP contribution in [0.15, 0.2) is 29.8 Å². The van der Waals surface area contributed by atoms with Crippen molar-refractivity contribution < 1.29 is 8.78 Å². The zero-order valence-electron chi connectivity index (χ0n) is 9.95. The number of rotatable bonds is 3. The van der Waals surface area contributed by atoms with Crippen molar-refractivity contribution in [1.82, 2.24) is 4.98 Å². The Kier molecular flexibility index (Phi) is 3.88. The van der Waals surface area contributed by atoms with Gasteiger partial charge in [0.1, 0.15) is 16.6 Å². The highest BCUT2D eigenvalue weighted by atomic mass is 32.1. The number of halogens is 2. The summed E-state index contributed by atoms with van der Waals surface area (Å²) < 4.78 is 25.8. The number of hydrogen-bond donors (Lipinski definition) is 1. The smallest absolute Gasteiger partial charge is 0.160 e. The van der Waals surface area contributed by atoms with Gasteiger partial charge in [-0.2, -0.15) is 5.26 Å². The van der Waals surface area contributed by atoms with Gasteiger partial charge in [-0.05, 0) is 19.1 Å². The summed E-state index contributed by atoms with van der Waals surface area (Å²) in [6.07, 6.45) is 1.42. The van der Waals surface area contributed by atoms with Crippen molar-refractivity contribution >= 4 is 22.6 Å². The lowest BCUT2D eigenvalue weighted by molar-refractivity contribution is 0.509. The first-order valence-corrected chi connectivity index (χ1v) is 6.22. The van der Waals surface area contributed by atoms with Crippen molar-refractivity contribution in [2.75, 3.05) is 5.32 Å². The van der Waals surface area contributed by atoms with E-state index in [9.17, 15) is 8.78 Å². The molecule has 19 heavy (non-hydrogen) atoms. The molecule has 1 aromatic heterocycles. The first-order valence-electron chi connectivity index (χ1n) is 5.34. The minimum absolute atomic E-state index is 0.336. The maximum Gasteiger partial charge on any atom is 0.160 e. The molecule has 1 aromatic carbocycles. The number of anilines is 1. The van der Waals surface area contributed by atoms with Gasteiger partial charge in [0, 0.05) is 29.0 Å². The Labute approximate surface area is 112 Å². The van der Waals surface area contributed by atoms with E-state index < -0.39 is 11.6 Å². The van der Waals surface area contributed by atoms with E-state index in [1.54, 1.807) is 0 Å². The number of aryl methyl sites for hydroxylation is 1. The van der Waals surface area contributed by atoms with Gasteiger partial charge in [0.2, 0.25) is 0 Å². The monoisotopic (exact) mass is 277 g/mol. The SMILES string of the molecule is Cc1csc(/C(C#N)=C/Nc2ccc(F)c(F)c2)n1. The fourth-order valence-electron chi connectivity index (χ4n) is 1.36. The number of thiazole rings is 1. The number of nitrogens with one attached hydrogen (secondary N) is 1. The van der Waals surface area contributed by atoms with E-state index in [2.05, 4.69) is 10.3 Å². The third-order valence-electron chi connectivity index (χ3n) is 2.27. The van der Waals surface area contributed by atoms with Crippen LogP contribution in [0.4, 0.5) is 14.5 Å². The predicted octanol–water partition coefficient (Wildman–Crippen LogP) is 3.71. The second kappa shape index (κ2) is 5.59. The molecule has 0 radical (unpaired) electrons. The molecule has 0 unspecified atom stereocenters. The molecular weight excluding hydrogens is 268 g/mol. The Morgan fingerprint density at radius 2 is 2.21 bits per heavy atom. The predicted molar refractivity (Wildman–Crippen MR) is 70.4 cm³/mol. The molecule has 0 fully saturated rings. The second-order valence-electron chi connectivity index (χ2n) is 3.74. The minimum Gasteiger partial charge on any atom is -0.360 e. The van der Waals surface area contributed by atoms with Gasteiger partial charge in [0.05, 0.1) is 0 Å². The van der Waals surface area contributed by atoms with Crippen LogP contribution in [-0.2, 0) is 0 Å². The summed E-state index contributed by atoms with van der Waals surface area (Å²) in [5.41, 5.74) is 1.52. The first-order chi connectivity index (χ1) is 9.10. The fourth-order valence-corrected chi connectivity index (χ4v) is 2.12. The quantitative estimate of drug-likeness (QED) is 0.870. The number of benzene rings is 1. The molecule has 0 spiro atoms. The largest absolute Gasteiger partial charge is 0.360 e. The molecule has 3 nitrogen and oxygen atoms in total. The van der Waals surface area contributed by atoms with Crippen LogP contribution in [0.5, 0.6) is 0 Å². The zero-order valence-corrected chi connectivity index (χ0v) is 10.8. The van der Waals surface area contributed by atoms with Crippen molar-refractivity contribution in [3.8, 4) is 6.07 Å². The number of nitrogens with zero attached hydrogens (tertiary/aromatic N) is 2. The van der Waals surface area contributed by atoms with Gasteiger partial charge in [-0.25, -0.2) is 13.8 Å². The molecular formula is C13H9F2N3S. The second-order valence-corrected chi connectivity index (χ2v) is 4.60. The highest BCUT2D eigenvalue weighted by molar-refractivity contribution is 7.10. The maximum absolute atomic E-state index is 13.0. The van der Waals surface area contributed by atoms with Gasteiger partial charge >= 0.3 is 0 Å². The summed E-state index contributed by atoms with van der Waals surface area (Å²) >= 11 is 1.35. The van der Waals surface area contributed by atoms with E-state index in [0.29, 0.717) is 16.3 Å². The van der Waals surface area contributed by atoms with Crippen molar-refractivity contribution in [1.29, 1.82) is 5.26 Å². The van der Waals surface area contributed by atoms with Gasteiger partial charge in [-0.1, -0.05) is 0 Å². The van der Waals surface area contributed by atoms with Crippen LogP contribution in [0.2, 0.25) is 0 Å². The van der Waals surface area contributed by atoms with Crippen LogP contribution in [0.3, 0.4) is 0 Å². The topological polar surface area (TPSA) is 48.7 Å². The molecule has 1 heterocycles. The Balaban J connectivity index is 2.20. The maximum atomic E-state index is 13.0. The van der Waals surface area contributed by atoms with E-state index in [-0.39, 0.29) is 0 Å². The normalized spacial score (nSPS) is 11.2. The zero-order chi connectivity index (χ0) is 13.8. The summed E-state index contributed by atoms with van der Waals surface area (Å²) in [7, 11) is 0. The molecule has 0 amide bonds. The summed E-state index contributed by atoms with van der Waals surface area (Å²) in [6.45, 7) is 1.83. The number of aromatic nitrogens is 1. The molecule has 1 N–H and O–H groups in total. The van der Waals surface area contributed by atoms with Crippen molar-refractivity contribution in [2.24, 2.45) is 0 Å². The van der Waals surface area contributed by atoms with Crippen LogP contribution in [-0.4, -0.2) is 4.98 Å². The number of hydrogen-bond acceptors (Lipinski definition) is 4.